The second-order valence-corrected chi connectivity index (χ2v) is 3.53. The molecular formula is C15H24N2O4. The Bertz CT molecular complexity index is 402. The van der Waals surface area contributed by atoms with Crippen LogP contribution in [0, 0.1) is 0 Å². The highest BCUT2D eigenvalue weighted by Gasteiger charge is 2.00. The summed E-state index contributed by atoms with van der Waals surface area (Å²) in [7, 11) is 1.84. The first kappa shape index (κ1) is 20.8. The fraction of sp³-hybridized carbons (Fsp3) is 0.333. The van der Waals surface area contributed by atoms with Crippen molar-refractivity contribution in [2.24, 2.45) is 0 Å². The third kappa shape index (κ3) is 13.7. The molecule has 1 amide bonds. The molecule has 0 saturated carbocycles. The summed E-state index contributed by atoms with van der Waals surface area (Å²) in [5.41, 5.74) is 0.961. The molecule has 6 heteroatoms. The van der Waals surface area contributed by atoms with E-state index >= 15 is 0 Å². The van der Waals surface area contributed by atoms with E-state index in [4.69, 9.17) is 14.6 Å². The molecule has 0 unspecified atom stereocenters. The maximum atomic E-state index is 11.1. The van der Waals surface area contributed by atoms with E-state index < -0.39 is 0 Å². The standard InChI is InChI=1S/C11H16N2O2.C3H6.CH2O2/c1-3-13-11(14)8-15-10-6-4-5-9(7-10)12-2;1-3-2;2-1-3/h4-7,12H,3,8H2,1-2H3,(H,13,14);3H,1H2,2H3;1H,(H,2,3). The minimum absolute atomic E-state index is 0.0566. The lowest BCUT2D eigenvalue weighted by Gasteiger charge is -2.07. The second kappa shape index (κ2) is 15.6. The quantitative estimate of drug-likeness (QED) is 0.572. The summed E-state index contributed by atoms with van der Waals surface area (Å²) in [6.07, 6.45) is 1.75. The molecule has 1 rings (SSSR count). The maximum Gasteiger partial charge on any atom is 0.290 e. The van der Waals surface area contributed by atoms with E-state index in [1.54, 1.807) is 6.08 Å². The van der Waals surface area contributed by atoms with E-state index in [1.165, 1.54) is 0 Å². The van der Waals surface area contributed by atoms with Crippen LogP contribution in [0.3, 0.4) is 0 Å². The fourth-order valence-corrected chi connectivity index (χ4v) is 1.14. The number of allylic oxidation sites excluding steroid dienone is 1. The number of likely N-dealkylation sites (N-methyl/N-ethyl adjacent to an activating group) is 1. The molecule has 0 fully saturated rings. The zero-order valence-electron chi connectivity index (χ0n) is 12.8. The van der Waals surface area contributed by atoms with Gasteiger partial charge in [0.15, 0.2) is 6.61 Å². The molecule has 1 aromatic rings. The van der Waals surface area contributed by atoms with Gasteiger partial charge in [0.2, 0.25) is 0 Å². The third-order valence-corrected chi connectivity index (χ3v) is 1.87. The first-order valence-corrected chi connectivity index (χ1v) is 6.41. The van der Waals surface area contributed by atoms with Gasteiger partial charge in [-0.2, -0.15) is 0 Å². The van der Waals surface area contributed by atoms with Crippen molar-refractivity contribution < 1.29 is 19.4 Å². The third-order valence-electron chi connectivity index (χ3n) is 1.87. The molecule has 0 radical (unpaired) electrons. The van der Waals surface area contributed by atoms with Crippen LogP contribution < -0.4 is 15.4 Å². The number of amides is 1. The van der Waals surface area contributed by atoms with E-state index in [0.29, 0.717) is 12.3 Å². The van der Waals surface area contributed by atoms with E-state index in [0.717, 1.165) is 5.69 Å². The van der Waals surface area contributed by atoms with Crippen LogP contribution in [0.2, 0.25) is 0 Å². The van der Waals surface area contributed by atoms with E-state index in [9.17, 15) is 4.79 Å². The number of hydrogen-bond acceptors (Lipinski definition) is 4. The van der Waals surface area contributed by atoms with Crippen LogP contribution in [0.1, 0.15) is 13.8 Å². The zero-order valence-corrected chi connectivity index (χ0v) is 12.8. The van der Waals surface area contributed by atoms with Crippen LogP contribution in [-0.4, -0.2) is 37.7 Å². The number of benzene rings is 1. The van der Waals surface area contributed by atoms with Gasteiger partial charge < -0.3 is 20.5 Å². The van der Waals surface area contributed by atoms with Gasteiger partial charge in [-0.3, -0.25) is 9.59 Å². The van der Waals surface area contributed by atoms with Crippen molar-refractivity contribution in [3.05, 3.63) is 36.9 Å². The minimum atomic E-state index is -0.250. The summed E-state index contributed by atoms with van der Waals surface area (Å²) in [6, 6.07) is 7.47. The first-order valence-electron chi connectivity index (χ1n) is 6.41. The molecule has 0 spiro atoms. The van der Waals surface area contributed by atoms with Crippen molar-refractivity contribution in [3.8, 4) is 5.75 Å². The van der Waals surface area contributed by atoms with E-state index in [-0.39, 0.29) is 19.0 Å². The predicted molar refractivity (Wildman–Crippen MR) is 84.7 cm³/mol. The summed E-state index contributed by atoms with van der Waals surface area (Å²) in [4.78, 5) is 19.5. The largest absolute Gasteiger partial charge is 0.484 e. The topological polar surface area (TPSA) is 87.7 Å². The number of anilines is 1. The van der Waals surface area contributed by atoms with Crippen LogP contribution in [0.25, 0.3) is 0 Å². The molecule has 0 atom stereocenters. The smallest absolute Gasteiger partial charge is 0.290 e. The Morgan fingerprint density at radius 2 is 2.05 bits per heavy atom. The zero-order chi connectivity index (χ0) is 16.5. The number of carbonyl (C=O) groups is 2. The summed E-state index contributed by atoms with van der Waals surface area (Å²) < 4.78 is 5.31. The average Bonchev–Trinajstić information content (AvgIpc) is 2.47. The number of nitrogens with one attached hydrogen (secondary N) is 2. The SMILES string of the molecule is C=CC.CCNC(=O)COc1cccc(NC)c1.O=CO. The lowest BCUT2D eigenvalue weighted by molar-refractivity contribution is -0.123. The predicted octanol–water partition coefficient (Wildman–Crippen LogP) is 2.14. The van der Waals surface area contributed by atoms with Gasteiger partial charge in [-0.15, -0.1) is 6.58 Å². The normalized spacial score (nSPS) is 7.95. The Morgan fingerprint density at radius 3 is 2.52 bits per heavy atom. The van der Waals surface area contributed by atoms with Crippen molar-refractivity contribution in [2.75, 3.05) is 25.5 Å². The van der Waals surface area contributed by atoms with Gasteiger partial charge in [-0.25, -0.2) is 0 Å². The maximum absolute atomic E-state index is 11.1. The van der Waals surface area contributed by atoms with Crippen LogP contribution >= 0.6 is 0 Å². The molecule has 0 saturated heterocycles. The Hall–Kier alpha value is -2.50. The highest BCUT2D eigenvalue weighted by atomic mass is 16.5. The van der Waals surface area contributed by atoms with Crippen LogP contribution in [-0.2, 0) is 9.59 Å². The van der Waals surface area contributed by atoms with E-state index in [1.807, 2.05) is 45.2 Å². The fourth-order valence-electron chi connectivity index (χ4n) is 1.14. The van der Waals surface area contributed by atoms with Gasteiger partial charge in [0.1, 0.15) is 5.75 Å². The Balaban J connectivity index is 0. The molecule has 3 N–H and O–H groups in total. The Morgan fingerprint density at radius 1 is 1.48 bits per heavy atom. The Labute approximate surface area is 125 Å². The van der Waals surface area contributed by atoms with Gasteiger partial charge in [-0.1, -0.05) is 12.1 Å². The molecule has 6 nitrogen and oxygen atoms in total. The summed E-state index contributed by atoms with van der Waals surface area (Å²) in [6.45, 7) is 7.55. The van der Waals surface area contributed by atoms with Crippen molar-refractivity contribution >= 4 is 18.1 Å². The minimum Gasteiger partial charge on any atom is -0.484 e. The average molecular weight is 296 g/mol. The molecule has 0 aliphatic rings. The van der Waals surface area contributed by atoms with Crippen LogP contribution in [0.5, 0.6) is 5.75 Å². The number of rotatable bonds is 5. The van der Waals surface area contributed by atoms with E-state index in [2.05, 4.69) is 17.2 Å². The van der Waals surface area contributed by atoms with Gasteiger partial charge in [0.25, 0.3) is 12.4 Å². The highest BCUT2D eigenvalue weighted by Crippen LogP contribution is 2.16. The monoisotopic (exact) mass is 296 g/mol. The number of carboxylic acid groups (broad SMARTS) is 1. The highest BCUT2D eigenvalue weighted by molar-refractivity contribution is 5.77. The summed E-state index contributed by atoms with van der Waals surface area (Å²) in [5, 5.41) is 12.6. The van der Waals surface area contributed by atoms with Crippen molar-refractivity contribution in [1.82, 2.24) is 5.32 Å². The molecular weight excluding hydrogens is 272 g/mol. The van der Waals surface area contributed by atoms with Gasteiger partial charge in [-0.05, 0) is 26.0 Å². The van der Waals surface area contributed by atoms with Gasteiger partial charge >= 0.3 is 0 Å². The van der Waals surface area contributed by atoms with Gasteiger partial charge in [0.05, 0.1) is 0 Å². The molecule has 0 aromatic heterocycles. The first-order chi connectivity index (χ1) is 10.1. The van der Waals surface area contributed by atoms with Crippen molar-refractivity contribution in [2.45, 2.75) is 13.8 Å². The van der Waals surface area contributed by atoms with Crippen molar-refractivity contribution in [3.63, 3.8) is 0 Å². The number of carbonyl (C=O) groups excluding carboxylic acids is 1. The molecule has 0 heterocycles. The molecule has 118 valence electrons. The molecule has 0 aliphatic heterocycles. The summed E-state index contributed by atoms with van der Waals surface area (Å²) >= 11 is 0. The number of ether oxygens (including phenoxy) is 1. The Kier molecular flexibility index (Phi) is 15.4. The van der Waals surface area contributed by atoms with Gasteiger partial charge in [0, 0.05) is 25.3 Å². The van der Waals surface area contributed by atoms with Crippen molar-refractivity contribution in [1.29, 1.82) is 0 Å². The summed E-state index contributed by atoms with van der Waals surface area (Å²) in [5.74, 6) is 0.584. The lowest BCUT2D eigenvalue weighted by atomic mass is 10.3. The molecule has 0 bridgehead atoms. The van der Waals surface area contributed by atoms with Crippen LogP contribution in [0.4, 0.5) is 5.69 Å². The molecule has 1 aromatic carbocycles. The molecule has 21 heavy (non-hydrogen) atoms. The lowest BCUT2D eigenvalue weighted by Crippen LogP contribution is -2.28. The van der Waals surface area contributed by atoms with Crippen LogP contribution in [0.15, 0.2) is 36.9 Å². The number of hydrogen-bond donors (Lipinski definition) is 3. The molecule has 0 aliphatic carbocycles. The second-order valence-electron chi connectivity index (χ2n) is 3.53.